The SMILES string of the molecule is C.C.[CH2-]O[C@@H]1OC(CO)[C@@H](O)C(O[C@@H]2OC(CO)[C@H](O)[C@H](O)C2O)C1NC(C)=O.[CH3-].[Y]. The first kappa shape index (κ1) is 35.8. The van der Waals surface area contributed by atoms with Gasteiger partial charge >= 0.3 is 0 Å². The Morgan fingerprint density at radius 1 is 0.935 bits per heavy atom. The van der Waals surface area contributed by atoms with Crippen LogP contribution in [-0.2, 0) is 56.5 Å². The molecule has 0 aromatic carbocycles. The molecule has 31 heavy (non-hydrogen) atoms. The van der Waals surface area contributed by atoms with Gasteiger partial charge in [0.05, 0.1) is 13.2 Å². The zero-order valence-electron chi connectivity index (χ0n) is 16.2. The van der Waals surface area contributed by atoms with Crippen molar-refractivity contribution >= 4 is 5.91 Å². The van der Waals surface area contributed by atoms with Crippen molar-refractivity contribution in [1.29, 1.82) is 0 Å². The van der Waals surface area contributed by atoms with Crippen LogP contribution in [0.4, 0.5) is 0 Å². The van der Waals surface area contributed by atoms with Gasteiger partial charge in [-0.05, 0) is 0 Å². The molecule has 0 aromatic rings. The minimum Gasteiger partial charge on any atom is -0.531 e. The number of aliphatic hydroxyl groups is 6. The number of hydrogen-bond acceptors (Lipinski definition) is 11. The van der Waals surface area contributed by atoms with Crippen LogP contribution in [0.3, 0.4) is 0 Å². The molecule has 13 heteroatoms. The molecule has 0 bridgehead atoms. The van der Waals surface area contributed by atoms with Crippen molar-refractivity contribution in [3.63, 3.8) is 0 Å². The van der Waals surface area contributed by atoms with Crippen LogP contribution in [0.2, 0.25) is 0 Å². The van der Waals surface area contributed by atoms with E-state index in [0.29, 0.717) is 0 Å². The number of amides is 1. The number of rotatable bonds is 6. The first-order valence-corrected chi connectivity index (χ1v) is 8.33. The molecular formula is C18H37NO11Y-2. The maximum absolute atomic E-state index is 11.5. The number of ether oxygens (including phenoxy) is 4. The second-order valence-corrected chi connectivity index (χ2v) is 6.41. The fourth-order valence-corrected chi connectivity index (χ4v) is 3.09. The molecule has 1 radical (unpaired) electrons. The van der Waals surface area contributed by atoms with E-state index in [1.807, 2.05) is 0 Å². The fourth-order valence-electron chi connectivity index (χ4n) is 3.09. The van der Waals surface area contributed by atoms with E-state index >= 15 is 0 Å². The second-order valence-electron chi connectivity index (χ2n) is 6.41. The zero-order valence-corrected chi connectivity index (χ0v) is 19.0. The molecule has 5 unspecified atom stereocenters. The number of aliphatic hydroxyl groups excluding tert-OH is 6. The molecule has 10 atom stereocenters. The van der Waals surface area contributed by atoms with E-state index in [1.54, 1.807) is 0 Å². The Labute approximate surface area is 208 Å². The molecule has 0 aliphatic carbocycles. The number of hydrogen-bond donors (Lipinski definition) is 7. The predicted molar refractivity (Wildman–Crippen MR) is 104 cm³/mol. The molecule has 0 spiro atoms. The molecule has 2 aliphatic rings. The van der Waals surface area contributed by atoms with E-state index in [2.05, 4.69) is 12.4 Å². The minimum absolute atomic E-state index is 0. The number of carbonyl (C=O) groups excluding carboxylic acids is 1. The van der Waals surface area contributed by atoms with Gasteiger partial charge in [0.15, 0.2) is 12.6 Å². The average molecular weight is 532 g/mol. The summed E-state index contributed by atoms with van der Waals surface area (Å²) >= 11 is 0. The summed E-state index contributed by atoms with van der Waals surface area (Å²) in [5.41, 5.74) is 0. The summed E-state index contributed by atoms with van der Waals surface area (Å²) in [4.78, 5) is 11.5. The molecule has 2 saturated heterocycles. The quantitative estimate of drug-likeness (QED) is 0.176. The van der Waals surface area contributed by atoms with Gasteiger partial charge in [-0.1, -0.05) is 14.9 Å². The number of nitrogens with one attached hydrogen (secondary N) is 1. The summed E-state index contributed by atoms with van der Waals surface area (Å²) in [6, 6.07) is -1.11. The van der Waals surface area contributed by atoms with Crippen LogP contribution in [0.1, 0.15) is 21.8 Å². The van der Waals surface area contributed by atoms with Gasteiger partial charge in [-0.15, -0.1) is 0 Å². The molecule has 12 nitrogen and oxygen atoms in total. The monoisotopic (exact) mass is 532 g/mol. The van der Waals surface area contributed by atoms with Crippen LogP contribution >= 0.6 is 0 Å². The first-order chi connectivity index (χ1) is 12.7. The van der Waals surface area contributed by atoms with E-state index in [9.17, 15) is 35.4 Å². The third-order valence-corrected chi connectivity index (χ3v) is 4.53. The van der Waals surface area contributed by atoms with E-state index in [1.165, 1.54) is 6.92 Å². The van der Waals surface area contributed by atoms with Crippen LogP contribution < -0.4 is 5.32 Å². The smallest absolute Gasteiger partial charge is 0.217 e. The zero-order chi connectivity index (χ0) is 20.3. The van der Waals surface area contributed by atoms with E-state index in [0.717, 1.165) is 0 Å². The van der Waals surface area contributed by atoms with Crippen molar-refractivity contribution in [2.45, 2.75) is 83.1 Å². The Hall–Kier alpha value is 0.174. The topological polar surface area (TPSA) is 187 Å². The van der Waals surface area contributed by atoms with Crippen molar-refractivity contribution in [3.8, 4) is 0 Å². The fraction of sp³-hybridized carbons (Fsp3) is 0.833. The molecule has 2 rings (SSSR count). The minimum atomic E-state index is -1.72. The molecule has 1 amide bonds. The molecular weight excluding hydrogens is 495 g/mol. The summed E-state index contributed by atoms with van der Waals surface area (Å²) < 4.78 is 21.0. The van der Waals surface area contributed by atoms with E-state index < -0.39 is 80.5 Å². The molecule has 0 saturated carbocycles. The van der Waals surface area contributed by atoms with Gasteiger partial charge in [-0.25, -0.2) is 7.11 Å². The van der Waals surface area contributed by atoms with Gasteiger partial charge in [-0.3, -0.25) is 4.79 Å². The summed E-state index contributed by atoms with van der Waals surface area (Å²) in [6.45, 7) is -0.0713. The maximum atomic E-state index is 11.5. The predicted octanol–water partition coefficient (Wildman–Crippen LogP) is -2.72. The Bertz CT molecular complexity index is 501. The molecule has 2 fully saturated rings. The van der Waals surface area contributed by atoms with Crippen molar-refractivity contribution in [2.24, 2.45) is 0 Å². The standard InChI is InChI=1S/C15H26NO11.2CH4.CH3.Y/c1-5(19)16-8-13(10(21)7(4-18)25-14(8)24-2)27-15-12(23)11(22)9(20)6(3-17)26-15;;;;/h6-15,17-18,20-23H,2-4H2,1H3,(H,16,19);2*1H4;1H3;/q-1;;;-1;/t6?,7?,8?,9-,10+,11-,12?,13?,14+,15-;;;;/m0..../s1. The third-order valence-electron chi connectivity index (χ3n) is 4.53. The maximum Gasteiger partial charge on any atom is 0.217 e. The summed E-state index contributed by atoms with van der Waals surface area (Å²) in [6.07, 6.45) is -12.9. The van der Waals surface area contributed by atoms with E-state index in [4.69, 9.17) is 18.9 Å². The molecule has 2 aliphatic heterocycles. The van der Waals surface area contributed by atoms with Gasteiger partial charge in [-0.2, -0.15) is 0 Å². The average Bonchev–Trinajstić information content (AvgIpc) is 2.64. The van der Waals surface area contributed by atoms with Gasteiger partial charge in [0, 0.05) is 39.6 Å². The largest absolute Gasteiger partial charge is 0.531 e. The normalized spacial score (nSPS) is 39.6. The van der Waals surface area contributed by atoms with Crippen LogP contribution in [0, 0.1) is 14.5 Å². The Balaban J connectivity index is -0.00000196. The van der Waals surface area contributed by atoms with Gasteiger partial charge in [0.1, 0.15) is 48.8 Å². The van der Waals surface area contributed by atoms with Crippen LogP contribution in [0.5, 0.6) is 0 Å². The van der Waals surface area contributed by atoms with Gasteiger partial charge in [0.2, 0.25) is 5.91 Å². The van der Waals surface area contributed by atoms with Crippen molar-refractivity contribution < 1.29 is 87.1 Å². The third kappa shape index (κ3) is 8.16. The first-order valence-electron chi connectivity index (χ1n) is 8.33. The van der Waals surface area contributed by atoms with Crippen LogP contribution in [0.25, 0.3) is 0 Å². The van der Waals surface area contributed by atoms with Gasteiger partial charge in [0.25, 0.3) is 0 Å². The Morgan fingerprint density at radius 3 is 1.87 bits per heavy atom. The molecule has 185 valence electrons. The van der Waals surface area contributed by atoms with Crippen molar-refractivity contribution in [2.75, 3.05) is 13.2 Å². The molecule has 2 heterocycles. The van der Waals surface area contributed by atoms with Gasteiger partial charge < -0.3 is 62.3 Å². The van der Waals surface area contributed by atoms with Crippen LogP contribution in [-0.4, -0.2) is 111 Å². The van der Waals surface area contributed by atoms with Crippen LogP contribution in [0.15, 0.2) is 0 Å². The Morgan fingerprint density at radius 2 is 1.42 bits per heavy atom. The Kier molecular flexibility index (Phi) is 18.4. The summed E-state index contributed by atoms with van der Waals surface area (Å²) in [5.74, 6) is -0.511. The van der Waals surface area contributed by atoms with Crippen molar-refractivity contribution in [1.82, 2.24) is 5.32 Å². The van der Waals surface area contributed by atoms with Crippen molar-refractivity contribution in [3.05, 3.63) is 14.5 Å². The summed E-state index contributed by atoms with van der Waals surface area (Å²) in [5, 5.41) is 61.4. The second kappa shape index (κ2) is 15.9. The number of carbonyl (C=O) groups is 1. The summed E-state index contributed by atoms with van der Waals surface area (Å²) in [7, 11) is 3.22. The molecule has 0 aromatic heterocycles. The molecule has 7 N–H and O–H groups in total. The van der Waals surface area contributed by atoms with E-state index in [-0.39, 0.29) is 55.0 Å².